The molecule has 0 fully saturated rings. The van der Waals surface area contributed by atoms with E-state index >= 15 is 0 Å². The molecule has 2 rings (SSSR count). The summed E-state index contributed by atoms with van der Waals surface area (Å²) in [7, 11) is 1.84. The van der Waals surface area contributed by atoms with E-state index < -0.39 is 0 Å². The zero-order valence-electron chi connectivity index (χ0n) is 8.73. The van der Waals surface area contributed by atoms with Crippen LogP contribution < -0.4 is 5.32 Å². The number of pyridine rings is 1. The number of anilines is 1. The Morgan fingerprint density at radius 1 is 1.13 bits per heavy atom. The summed E-state index contributed by atoms with van der Waals surface area (Å²) in [5, 5.41) is 2.98. The van der Waals surface area contributed by atoms with Crippen LogP contribution in [0, 0.1) is 6.92 Å². The van der Waals surface area contributed by atoms with Crippen LogP contribution in [-0.2, 0) is 0 Å². The molecule has 0 spiro atoms. The Labute approximate surface area is 88.4 Å². The average molecular weight is 200 g/mol. The zero-order valence-corrected chi connectivity index (χ0v) is 8.73. The third-order valence-corrected chi connectivity index (χ3v) is 2.12. The highest BCUT2D eigenvalue weighted by Crippen LogP contribution is 2.18. The average Bonchev–Trinajstić information content (AvgIpc) is 2.29. The summed E-state index contributed by atoms with van der Waals surface area (Å²) in [4.78, 5) is 12.4. The standard InChI is InChI=1S/C11H12N4/c1-8-5-9(3-4-13-8)10-6-11(12-2)15-7-14-10/h3-7H,1-2H3,(H,12,14,15). The van der Waals surface area contributed by atoms with Crippen LogP contribution in [-0.4, -0.2) is 22.0 Å². The maximum Gasteiger partial charge on any atom is 0.129 e. The minimum absolute atomic E-state index is 0.814. The third kappa shape index (κ3) is 2.10. The molecule has 15 heavy (non-hydrogen) atoms. The predicted molar refractivity (Wildman–Crippen MR) is 59.5 cm³/mol. The van der Waals surface area contributed by atoms with Gasteiger partial charge in [0.1, 0.15) is 12.1 Å². The van der Waals surface area contributed by atoms with Crippen molar-refractivity contribution >= 4 is 5.82 Å². The van der Waals surface area contributed by atoms with Crippen molar-refractivity contribution < 1.29 is 0 Å². The second-order valence-electron chi connectivity index (χ2n) is 3.22. The van der Waals surface area contributed by atoms with Gasteiger partial charge < -0.3 is 5.32 Å². The fraction of sp³-hybridized carbons (Fsp3) is 0.182. The number of aryl methyl sites for hydroxylation is 1. The van der Waals surface area contributed by atoms with Crippen LogP contribution in [0.3, 0.4) is 0 Å². The number of aromatic nitrogens is 3. The van der Waals surface area contributed by atoms with Gasteiger partial charge in [0, 0.05) is 30.6 Å². The van der Waals surface area contributed by atoms with E-state index in [9.17, 15) is 0 Å². The van der Waals surface area contributed by atoms with Gasteiger partial charge in [0.05, 0.1) is 5.69 Å². The fourth-order valence-corrected chi connectivity index (χ4v) is 1.36. The normalized spacial score (nSPS) is 10.0. The summed E-state index contributed by atoms with van der Waals surface area (Å²) in [6.07, 6.45) is 3.34. The zero-order chi connectivity index (χ0) is 10.7. The lowest BCUT2D eigenvalue weighted by atomic mass is 10.1. The largest absolute Gasteiger partial charge is 0.373 e. The minimum Gasteiger partial charge on any atom is -0.373 e. The number of rotatable bonds is 2. The van der Waals surface area contributed by atoms with Gasteiger partial charge in [0.25, 0.3) is 0 Å². The molecule has 0 saturated carbocycles. The van der Waals surface area contributed by atoms with Crippen LogP contribution in [0.1, 0.15) is 5.69 Å². The minimum atomic E-state index is 0.814. The molecule has 1 N–H and O–H groups in total. The van der Waals surface area contributed by atoms with Gasteiger partial charge in [-0.1, -0.05) is 0 Å². The van der Waals surface area contributed by atoms with Gasteiger partial charge in [-0.25, -0.2) is 9.97 Å². The lowest BCUT2D eigenvalue weighted by molar-refractivity contribution is 1.15. The molecule has 2 aromatic heterocycles. The molecule has 0 aliphatic rings. The lowest BCUT2D eigenvalue weighted by Crippen LogP contribution is -1.94. The Kier molecular flexibility index (Phi) is 2.58. The van der Waals surface area contributed by atoms with Crippen LogP contribution >= 0.6 is 0 Å². The lowest BCUT2D eigenvalue weighted by Gasteiger charge is -2.03. The Balaban J connectivity index is 2.44. The molecule has 0 unspecified atom stereocenters. The molecule has 0 aliphatic carbocycles. The quantitative estimate of drug-likeness (QED) is 0.804. The highest BCUT2D eigenvalue weighted by Gasteiger charge is 2.01. The summed E-state index contributed by atoms with van der Waals surface area (Å²) in [5.74, 6) is 0.814. The van der Waals surface area contributed by atoms with Crippen molar-refractivity contribution in [3.05, 3.63) is 36.4 Å². The van der Waals surface area contributed by atoms with E-state index in [-0.39, 0.29) is 0 Å². The Morgan fingerprint density at radius 3 is 2.73 bits per heavy atom. The van der Waals surface area contributed by atoms with E-state index in [1.807, 2.05) is 32.2 Å². The smallest absolute Gasteiger partial charge is 0.129 e. The monoisotopic (exact) mass is 200 g/mol. The molecule has 2 aromatic rings. The van der Waals surface area contributed by atoms with E-state index in [4.69, 9.17) is 0 Å². The van der Waals surface area contributed by atoms with Crippen LogP contribution in [0.25, 0.3) is 11.3 Å². The highest BCUT2D eigenvalue weighted by atomic mass is 15.0. The van der Waals surface area contributed by atoms with E-state index in [1.54, 1.807) is 12.5 Å². The number of nitrogens with one attached hydrogen (secondary N) is 1. The van der Waals surface area contributed by atoms with Gasteiger partial charge in [-0.05, 0) is 19.1 Å². The highest BCUT2D eigenvalue weighted by molar-refractivity contribution is 5.61. The number of nitrogens with zero attached hydrogens (tertiary/aromatic N) is 3. The molecule has 0 saturated heterocycles. The number of hydrogen-bond donors (Lipinski definition) is 1. The van der Waals surface area contributed by atoms with Gasteiger partial charge in [-0.15, -0.1) is 0 Å². The number of hydrogen-bond acceptors (Lipinski definition) is 4. The Bertz CT molecular complexity index is 468. The maximum atomic E-state index is 4.22. The van der Waals surface area contributed by atoms with Gasteiger partial charge in [-0.2, -0.15) is 0 Å². The van der Waals surface area contributed by atoms with Crippen molar-refractivity contribution in [3.8, 4) is 11.3 Å². The van der Waals surface area contributed by atoms with Gasteiger partial charge in [0.2, 0.25) is 0 Å². The second kappa shape index (κ2) is 4.04. The summed E-state index contributed by atoms with van der Waals surface area (Å²) < 4.78 is 0. The summed E-state index contributed by atoms with van der Waals surface area (Å²) in [5.41, 5.74) is 2.94. The van der Waals surface area contributed by atoms with E-state index in [1.165, 1.54) is 0 Å². The molecular weight excluding hydrogens is 188 g/mol. The van der Waals surface area contributed by atoms with E-state index in [0.29, 0.717) is 0 Å². The van der Waals surface area contributed by atoms with Crippen LogP contribution in [0.2, 0.25) is 0 Å². The molecule has 0 aliphatic heterocycles. The van der Waals surface area contributed by atoms with Crippen LogP contribution in [0.5, 0.6) is 0 Å². The van der Waals surface area contributed by atoms with Crippen molar-refractivity contribution in [1.29, 1.82) is 0 Å². The Morgan fingerprint density at radius 2 is 2.00 bits per heavy atom. The third-order valence-electron chi connectivity index (χ3n) is 2.12. The van der Waals surface area contributed by atoms with Crippen molar-refractivity contribution in [2.75, 3.05) is 12.4 Å². The molecule has 76 valence electrons. The molecule has 4 heteroatoms. The first-order valence-electron chi connectivity index (χ1n) is 4.72. The summed E-state index contributed by atoms with van der Waals surface area (Å²) in [6, 6.07) is 5.85. The second-order valence-corrected chi connectivity index (χ2v) is 3.22. The van der Waals surface area contributed by atoms with Crippen molar-refractivity contribution in [1.82, 2.24) is 15.0 Å². The molecule has 0 atom stereocenters. The predicted octanol–water partition coefficient (Wildman–Crippen LogP) is 1.89. The molecule has 0 bridgehead atoms. The maximum absolute atomic E-state index is 4.22. The topological polar surface area (TPSA) is 50.7 Å². The molecule has 2 heterocycles. The van der Waals surface area contributed by atoms with Gasteiger partial charge >= 0.3 is 0 Å². The first-order chi connectivity index (χ1) is 7.29. The van der Waals surface area contributed by atoms with Gasteiger partial charge in [-0.3, -0.25) is 4.98 Å². The molecule has 0 amide bonds. The first-order valence-corrected chi connectivity index (χ1v) is 4.72. The van der Waals surface area contributed by atoms with Crippen molar-refractivity contribution in [3.63, 3.8) is 0 Å². The van der Waals surface area contributed by atoms with Crippen LogP contribution in [0.4, 0.5) is 5.82 Å². The molecular formula is C11H12N4. The molecule has 4 nitrogen and oxygen atoms in total. The molecule has 0 aromatic carbocycles. The van der Waals surface area contributed by atoms with Gasteiger partial charge in [0.15, 0.2) is 0 Å². The summed E-state index contributed by atoms with van der Waals surface area (Å²) >= 11 is 0. The summed E-state index contributed by atoms with van der Waals surface area (Å²) in [6.45, 7) is 1.96. The van der Waals surface area contributed by atoms with Crippen molar-refractivity contribution in [2.24, 2.45) is 0 Å². The molecule has 0 radical (unpaired) electrons. The van der Waals surface area contributed by atoms with Crippen LogP contribution in [0.15, 0.2) is 30.7 Å². The van der Waals surface area contributed by atoms with Crippen molar-refractivity contribution in [2.45, 2.75) is 6.92 Å². The first kappa shape index (κ1) is 9.58. The fourth-order valence-electron chi connectivity index (χ4n) is 1.36. The Hall–Kier alpha value is -1.97. The SMILES string of the molecule is CNc1cc(-c2ccnc(C)c2)ncn1. The van der Waals surface area contributed by atoms with E-state index in [2.05, 4.69) is 20.3 Å². The van der Waals surface area contributed by atoms with E-state index in [0.717, 1.165) is 22.8 Å².